The van der Waals surface area contributed by atoms with Gasteiger partial charge in [-0.1, -0.05) is 35.9 Å². The van der Waals surface area contributed by atoms with Crippen molar-refractivity contribution in [1.82, 2.24) is 0 Å². The normalized spacial score (nSPS) is 18.6. The lowest BCUT2D eigenvalue weighted by Crippen LogP contribution is -2.24. The van der Waals surface area contributed by atoms with Gasteiger partial charge in [-0.2, -0.15) is 0 Å². The largest absolute Gasteiger partial charge is 0.466 e. The summed E-state index contributed by atoms with van der Waals surface area (Å²) in [6, 6.07) is 10.1. The van der Waals surface area contributed by atoms with Gasteiger partial charge in [-0.05, 0) is 37.8 Å². The van der Waals surface area contributed by atoms with Crippen molar-refractivity contribution in [3.63, 3.8) is 0 Å². The third-order valence-corrected chi connectivity index (χ3v) is 3.59. The number of carbonyl (C=O) groups is 2. The fraction of sp³-hybridized carbons (Fsp3) is 0.412. The molecule has 0 aromatic heterocycles. The molecule has 0 fully saturated rings. The molecule has 1 atom stereocenters. The van der Waals surface area contributed by atoms with Crippen LogP contribution in [0.15, 0.2) is 42.0 Å². The predicted molar refractivity (Wildman–Crippen MR) is 77.2 cm³/mol. The Bertz CT molecular complexity index is 502. The number of hydrogen-bond donors (Lipinski definition) is 0. The minimum atomic E-state index is -0.239. The third-order valence-electron chi connectivity index (χ3n) is 3.59. The summed E-state index contributed by atoms with van der Waals surface area (Å²) in [5.74, 6) is -0.315. The lowest BCUT2D eigenvalue weighted by atomic mass is 9.84. The molecule has 1 aliphatic rings. The van der Waals surface area contributed by atoms with Crippen molar-refractivity contribution in [2.45, 2.75) is 32.6 Å². The zero-order chi connectivity index (χ0) is 14.4. The average Bonchev–Trinajstić information content (AvgIpc) is 2.46. The molecule has 0 spiro atoms. The van der Waals surface area contributed by atoms with E-state index in [1.54, 1.807) is 13.0 Å². The summed E-state index contributed by atoms with van der Waals surface area (Å²) in [5.41, 5.74) is 2.14. The monoisotopic (exact) mass is 272 g/mol. The molecule has 0 N–H and O–H groups in total. The Kier molecular flexibility index (Phi) is 5.10. The summed E-state index contributed by atoms with van der Waals surface area (Å²) >= 11 is 0. The molecular weight excluding hydrogens is 252 g/mol. The van der Waals surface area contributed by atoms with Gasteiger partial charge in [0.25, 0.3) is 0 Å². The number of rotatable bonds is 5. The summed E-state index contributed by atoms with van der Waals surface area (Å²) in [7, 11) is 0. The quantitative estimate of drug-likeness (QED) is 0.774. The second kappa shape index (κ2) is 7.04. The van der Waals surface area contributed by atoms with E-state index in [2.05, 4.69) is 12.1 Å². The molecule has 3 heteroatoms. The fourth-order valence-electron chi connectivity index (χ4n) is 2.54. The van der Waals surface area contributed by atoms with Crippen LogP contribution in [0.1, 0.15) is 31.7 Å². The van der Waals surface area contributed by atoms with E-state index in [0.29, 0.717) is 19.4 Å². The van der Waals surface area contributed by atoms with Gasteiger partial charge in [0, 0.05) is 6.42 Å². The first-order valence-electron chi connectivity index (χ1n) is 7.14. The van der Waals surface area contributed by atoms with Gasteiger partial charge in [-0.15, -0.1) is 0 Å². The summed E-state index contributed by atoms with van der Waals surface area (Å²) in [5, 5.41) is 0. The first-order valence-corrected chi connectivity index (χ1v) is 7.14. The Morgan fingerprint density at radius 3 is 2.70 bits per heavy atom. The van der Waals surface area contributed by atoms with E-state index in [9.17, 15) is 9.59 Å². The summed E-state index contributed by atoms with van der Waals surface area (Å²) < 4.78 is 5.11. The van der Waals surface area contributed by atoms with Crippen molar-refractivity contribution in [3.8, 4) is 0 Å². The Labute approximate surface area is 119 Å². The van der Waals surface area contributed by atoms with E-state index in [4.69, 9.17) is 4.74 Å². The van der Waals surface area contributed by atoms with Crippen molar-refractivity contribution in [2.24, 2.45) is 5.92 Å². The molecule has 0 aliphatic heterocycles. The van der Waals surface area contributed by atoms with E-state index < -0.39 is 0 Å². The van der Waals surface area contributed by atoms with Crippen LogP contribution in [-0.2, 0) is 20.7 Å². The number of ketones is 1. The van der Waals surface area contributed by atoms with Crippen LogP contribution in [0.3, 0.4) is 0 Å². The highest BCUT2D eigenvalue weighted by atomic mass is 16.5. The molecule has 1 aromatic carbocycles. The molecule has 20 heavy (non-hydrogen) atoms. The number of allylic oxidation sites excluding steroid dienone is 1. The summed E-state index contributed by atoms with van der Waals surface area (Å²) in [6.45, 7) is 2.19. The van der Waals surface area contributed by atoms with Gasteiger partial charge in [-0.3, -0.25) is 9.59 Å². The Morgan fingerprint density at radius 1 is 1.25 bits per heavy atom. The Hall–Kier alpha value is -1.90. The van der Waals surface area contributed by atoms with Gasteiger partial charge >= 0.3 is 5.97 Å². The molecule has 2 rings (SSSR count). The van der Waals surface area contributed by atoms with Gasteiger partial charge in [-0.25, -0.2) is 0 Å². The van der Waals surface area contributed by atoms with Crippen LogP contribution < -0.4 is 0 Å². The molecule has 0 bridgehead atoms. The number of aryl methyl sites for hydroxylation is 1. The van der Waals surface area contributed by atoms with Crippen LogP contribution in [0.25, 0.3) is 0 Å². The van der Waals surface area contributed by atoms with Crippen LogP contribution in [0.5, 0.6) is 0 Å². The smallest absolute Gasteiger partial charge is 0.313 e. The number of esters is 1. The molecule has 106 valence electrons. The van der Waals surface area contributed by atoms with Crippen LogP contribution in [0.2, 0.25) is 0 Å². The highest BCUT2D eigenvalue weighted by Gasteiger charge is 2.28. The van der Waals surface area contributed by atoms with Crippen LogP contribution in [-0.4, -0.2) is 18.4 Å². The zero-order valence-corrected chi connectivity index (χ0v) is 11.8. The third kappa shape index (κ3) is 3.80. The highest BCUT2D eigenvalue weighted by Crippen LogP contribution is 2.28. The Balaban J connectivity index is 2.05. The zero-order valence-electron chi connectivity index (χ0n) is 11.8. The fourth-order valence-corrected chi connectivity index (χ4v) is 2.54. The van der Waals surface area contributed by atoms with Crippen LogP contribution in [0, 0.1) is 5.92 Å². The molecule has 0 heterocycles. The van der Waals surface area contributed by atoms with Crippen LogP contribution >= 0.6 is 0 Å². The van der Waals surface area contributed by atoms with Crippen molar-refractivity contribution < 1.29 is 14.3 Å². The van der Waals surface area contributed by atoms with Crippen molar-refractivity contribution in [1.29, 1.82) is 0 Å². The van der Waals surface area contributed by atoms with Gasteiger partial charge in [0.2, 0.25) is 0 Å². The predicted octanol–water partition coefficient (Wildman–Crippen LogP) is 3.09. The first kappa shape index (κ1) is 14.5. The number of ether oxygens (including phenoxy) is 1. The summed E-state index contributed by atoms with van der Waals surface area (Å²) in [4.78, 5) is 23.5. The number of hydrogen-bond acceptors (Lipinski definition) is 3. The SMILES string of the molecule is CCOC(=O)C1CCC(=O)C=C1CCc1ccccc1. The second-order valence-corrected chi connectivity index (χ2v) is 5.01. The van der Waals surface area contributed by atoms with Gasteiger partial charge in [0.15, 0.2) is 5.78 Å². The lowest BCUT2D eigenvalue weighted by Gasteiger charge is -2.22. The summed E-state index contributed by atoms with van der Waals surface area (Å²) in [6.07, 6.45) is 4.25. The molecular formula is C17H20O3. The van der Waals surface area contributed by atoms with Gasteiger partial charge in [0.05, 0.1) is 12.5 Å². The standard InChI is InChI=1S/C17H20O3/c1-2-20-17(19)16-11-10-15(18)12-14(16)9-8-13-6-4-3-5-7-13/h3-7,12,16H,2,8-11H2,1H3. The Morgan fingerprint density at radius 2 is 2.00 bits per heavy atom. The maximum atomic E-state index is 12.0. The molecule has 0 radical (unpaired) electrons. The van der Waals surface area contributed by atoms with E-state index >= 15 is 0 Å². The topological polar surface area (TPSA) is 43.4 Å². The highest BCUT2D eigenvalue weighted by molar-refractivity contribution is 5.93. The second-order valence-electron chi connectivity index (χ2n) is 5.01. The van der Waals surface area contributed by atoms with E-state index in [1.807, 2.05) is 18.2 Å². The maximum absolute atomic E-state index is 12.0. The van der Waals surface area contributed by atoms with E-state index in [0.717, 1.165) is 18.4 Å². The van der Waals surface area contributed by atoms with Crippen LogP contribution in [0.4, 0.5) is 0 Å². The minimum Gasteiger partial charge on any atom is -0.466 e. The molecule has 1 aromatic rings. The molecule has 0 saturated carbocycles. The molecule has 0 amide bonds. The number of carbonyl (C=O) groups excluding carboxylic acids is 2. The number of benzene rings is 1. The molecule has 1 aliphatic carbocycles. The average molecular weight is 272 g/mol. The van der Waals surface area contributed by atoms with Gasteiger partial charge < -0.3 is 4.74 Å². The molecule has 0 saturated heterocycles. The maximum Gasteiger partial charge on any atom is 0.313 e. The van der Waals surface area contributed by atoms with Crippen molar-refractivity contribution >= 4 is 11.8 Å². The first-order chi connectivity index (χ1) is 9.70. The molecule has 1 unspecified atom stereocenters. The minimum absolute atomic E-state index is 0.119. The van der Waals surface area contributed by atoms with E-state index in [-0.39, 0.29) is 17.7 Å². The van der Waals surface area contributed by atoms with E-state index in [1.165, 1.54) is 5.56 Å². The van der Waals surface area contributed by atoms with Crippen molar-refractivity contribution in [3.05, 3.63) is 47.5 Å². The molecule has 3 nitrogen and oxygen atoms in total. The van der Waals surface area contributed by atoms with Gasteiger partial charge in [0.1, 0.15) is 0 Å². The lowest BCUT2D eigenvalue weighted by molar-refractivity contribution is -0.147. The van der Waals surface area contributed by atoms with Crippen molar-refractivity contribution in [2.75, 3.05) is 6.61 Å².